The van der Waals surface area contributed by atoms with Crippen LogP contribution in [0.2, 0.25) is 0 Å². The average Bonchev–Trinajstić information content (AvgIpc) is 2.10. The Balaban J connectivity index is 4.02. The number of ether oxygens (including phenoxy) is 1. The van der Waals surface area contributed by atoms with Crippen LogP contribution in [0.25, 0.3) is 0 Å². The number of nitrogens with one attached hydrogen (secondary N) is 1. The maximum atomic E-state index is 10.7. The van der Waals surface area contributed by atoms with Gasteiger partial charge in [-0.1, -0.05) is 0 Å². The number of hydrogen-bond acceptors (Lipinski definition) is 5. The van der Waals surface area contributed by atoms with E-state index >= 15 is 0 Å². The molecule has 0 radical (unpaired) electrons. The van der Waals surface area contributed by atoms with Crippen molar-refractivity contribution in [3.63, 3.8) is 0 Å². The molecule has 1 amide bonds. The van der Waals surface area contributed by atoms with E-state index in [0.29, 0.717) is 0 Å². The lowest BCUT2D eigenvalue weighted by molar-refractivity contribution is -0.137. The Kier molecular flexibility index (Phi) is 5.58. The monoisotopic (exact) mass is 207 g/mol. The number of aliphatic hydroxyl groups is 2. The molecule has 82 valence electrons. The standard InChI is InChI=1S/C7H13NO6/c1-14-7(13)8-4(6(11)12)2-3-5(9)10/h4,6,11-12H,2-3H2,1H3,(H,8,13)(H,9,10). The predicted molar refractivity (Wildman–Crippen MR) is 44.4 cm³/mol. The summed E-state index contributed by atoms with van der Waals surface area (Å²) in [5.41, 5.74) is 0. The van der Waals surface area contributed by atoms with Crippen LogP contribution < -0.4 is 5.32 Å². The van der Waals surface area contributed by atoms with Gasteiger partial charge in [-0.15, -0.1) is 0 Å². The smallest absolute Gasteiger partial charge is 0.407 e. The van der Waals surface area contributed by atoms with E-state index in [1.54, 1.807) is 0 Å². The Hall–Kier alpha value is -1.34. The molecule has 0 aromatic rings. The minimum atomic E-state index is -1.81. The van der Waals surface area contributed by atoms with Gasteiger partial charge in [0.05, 0.1) is 13.2 Å². The Labute approximate surface area is 80.3 Å². The molecule has 0 heterocycles. The topological polar surface area (TPSA) is 116 Å². The van der Waals surface area contributed by atoms with Crippen molar-refractivity contribution in [3.05, 3.63) is 0 Å². The zero-order valence-electron chi connectivity index (χ0n) is 7.64. The van der Waals surface area contributed by atoms with E-state index in [-0.39, 0.29) is 12.8 Å². The summed E-state index contributed by atoms with van der Waals surface area (Å²) in [6.07, 6.45) is -3.00. The number of carboxylic acids is 1. The highest BCUT2D eigenvalue weighted by molar-refractivity contribution is 5.68. The summed E-state index contributed by atoms with van der Waals surface area (Å²) < 4.78 is 4.22. The van der Waals surface area contributed by atoms with E-state index in [1.807, 2.05) is 0 Å². The summed E-state index contributed by atoms with van der Waals surface area (Å²) in [6, 6.07) is -1.04. The highest BCUT2D eigenvalue weighted by atomic mass is 16.5. The van der Waals surface area contributed by atoms with Crippen molar-refractivity contribution in [3.8, 4) is 0 Å². The Morgan fingerprint density at radius 2 is 2.00 bits per heavy atom. The molecule has 0 aromatic heterocycles. The van der Waals surface area contributed by atoms with Crippen molar-refractivity contribution in [1.29, 1.82) is 0 Å². The number of alkyl carbamates (subject to hydrolysis) is 1. The summed E-state index contributed by atoms with van der Waals surface area (Å²) in [5.74, 6) is -1.08. The second kappa shape index (κ2) is 6.17. The highest BCUT2D eigenvalue weighted by Gasteiger charge is 2.20. The molecule has 7 heteroatoms. The number of rotatable bonds is 5. The molecule has 0 saturated carbocycles. The second-order valence-electron chi connectivity index (χ2n) is 2.59. The van der Waals surface area contributed by atoms with Gasteiger partial charge in [0.15, 0.2) is 6.29 Å². The van der Waals surface area contributed by atoms with Gasteiger partial charge in [0.1, 0.15) is 0 Å². The quantitative estimate of drug-likeness (QED) is 0.424. The Morgan fingerprint density at radius 1 is 1.43 bits per heavy atom. The minimum Gasteiger partial charge on any atom is -0.481 e. The van der Waals surface area contributed by atoms with Gasteiger partial charge in [0.25, 0.3) is 0 Å². The first-order chi connectivity index (χ1) is 6.47. The number of carbonyl (C=O) groups excluding carboxylic acids is 1. The van der Waals surface area contributed by atoms with Crippen LogP contribution in [-0.2, 0) is 9.53 Å². The molecular weight excluding hydrogens is 194 g/mol. The molecule has 7 nitrogen and oxygen atoms in total. The van der Waals surface area contributed by atoms with Gasteiger partial charge < -0.3 is 25.4 Å². The highest BCUT2D eigenvalue weighted by Crippen LogP contribution is 2.01. The number of aliphatic carboxylic acids is 1. The Bertz CT molecular complexity index is 204. The van der Waals surface area contributed by atoms with Gasteiger partial charge in [-0.25, -0.2) is 4.79 Å². The molecule has 1 unspecified atom stereocenters. The second-order valence-corrected chi connectivity index (χ2v) is 2.59. The third-order valence-electron chi connectivity index (χ3n) is 1.52. The molecule has 0 fully saturated rings. The molecule has 0 aliphatic heterocycles. The van der Waals surface area contributed by atoms with Crippen molar-refractivity contribution < 1.29 is 29.6 Å². The molecule has 0 aliphatic rings. The van der Waals surface area contributed by atoms with Crippen molar-refractivity contribution in [2.45, 2.75) is 25.2 Å². The van der Waals surface area contributed by atoms with Crippen molar-refractivity contribution in [2.75, 3.05) is 7.11 Å². The minimum absolute atomic E-state index is 0.0812. The van der Waals surface area contributed by atoms with Crippen molar-refractivity contribution >= 4 is 12.1 Å². The fourth-order valence-corrected chi connectivity index (χ4v) is 0.785. The van der Waals surface area contributed by atoms with E-state index in [2.05, 4.69) is 10.1 Å². The summed E-state index contributed by atoms with van der Waals surface area (Å²) in [6.45, 7) is 0. The zero-order chi connectivity index (χ0) is 11.1. The summed E-state index contributed by atoms with van der Waals surface area (Å²) in [5, 5.41) is 27.9. The fourth-order valence-electron chi connectivity index (χ4n) is 0.785. The number of hydrogen-bond donors (Lipinski definition) is 4. The number of carbonyl (C=O) groups is 2. The summed E-state index contributed by atoms with van der Waals surface area (Å²) in [7, 11) is 1.12. The van der Waals surface area contributed by atoms with Crippen LogP contribution in [0.3, 0.4) is 0 Å². The van der Waals surface area contributed by atoms with E-state index in [4.69, 9.17) is 15.3 Å². The van der Waals surface area contributed by atoms with E-state index in [0.717, 1.165) is 7.11 Å². The van der Waals surface area contributed by atoms with Crippen LogP contribution in [0.1, 0.15) is 12.8 Å². The molecule has 0 rings (SSSR count). The summed E-state index contributed by atoms with van der Waals surface area (Å²) in [4.78, 5) is 20.8. The van der Waals surface area contributed by atoms with Gasteiger partial charge in [0.2, 0.25) is 0 Å². The maximum Gasteiger partial charge on any atom is 0.407 e. The molecule has 1 atom stereocenters. The van der Waals surface area contributed by atoms with E-state index in [9.17, 15) is 9.59 Å². The number of aliphatic hydroxyl groups excluding tert-OH is 1. The lowest BCUT2D eigenvalue weighted by Crippen LogP contribution is -2.43. The maximum absolute atomic E-state index is 10.7. The van der Waals surface area contributed by atoms with Gasteiger partial charge in [-0.2, -0.15) is 0 Å². The molecule has 0 aliphatic carbocycles. The number of amides is 1. The lowest BCUT2D eigenvalue weighted by Gasteiger charge is -2.18. The van der Waals surface area contributed by atoms with Crippen molar-refractivity contribution in [1.82, 2.24) is 5.32 Å². The zero-order valence-corrected chi connectivity index (χ0v) is 7.64. The van der Waals surface area contributed by atoms with E-state index in [1.165, 1.54) is 0 Å². The molecule has 14 heavy (non-hydrogen) atoms. The fraction of sp³-hybridized carbons (Fsp3) is 0.714. The molecule has 0 spiro atoms. The van der Waals surface area contributed by atoms with Gasteiger partial charge in [-0.05, 0) is 6.42 Å². The predicted octanol–water partition coefficient (Wildman–Crippen LogP) is -1.11. The van der Waals surface area contributed by atoms with Gasteiger partial charge in [-0.3, -0.25) is 4.79 Å². The third-order valence-corrected chi connectivity index (χ3v) is 1.52. The SMILES string of the molecule is COC(=O)NC(CCC(=O)O)C(O)O. The summed E-state index contributed by atoms with van der Waals surface area (Å²) >= 11 is 0. The van der Waals surface area contributed by atoms with Crippen LogP contribution in [-0.4, -0.2) is 46.8 Å². The largest absolute Gasteiger partial charge is 0.481 e. The van der Waals surface area contributed by atoms with E-state index < -0.39 is 24.4 Å². The molecule has 4 N–H and O–H groups in total. The molecule has 0 bridgehead atoms. The first-order valence-corrected chi connectivity index (χ1v) is 3.89. The third kappa shape index (κ3) is 5.33. The Morgan fingerprint density at radius 3 is 2.36 bits per heavy atom. The number of methoxy groups -OCH3 is 1. The molecule has 0 aromatic carbocycles. The average molecular weight is 207 g/mol. The van der Waals surface area contributed by atoms with Crippen LogP contribution in [0.5, 0.6) is 0 Å². The molecule has 0 saturated heterocycles. The van der Waals surface area contributed by atoms with Crippen LogP contribution in [0.15, 0.2) is 0 Å². The van der Waals surface area contributed by atoms with Gasteiger partial charge >= 0.3 is 12.1 Å². The molecular formula is C7H13NO6. The lowest BCUT2D eigenvalue weighted by atomic mass is 10.1. The van der Waals surface area contributed by atoms with Crippen LogP contribution in [0.4, 0.5) is 4.79 Å². The normalized spacial score (nSPS) is 12.3. The van der Waals surface area contributed by atoms with Crippen molar-refractivity contribution in [2.24, 2.45) is 0 Å². The van der Waals surface area contributed by atoms with Crippen LogP contribution in [0, 0.1) is 0 Å². The first kappa shape index (κ1) is 12.7. The van der Waals surface area contributed by atoms with Gasteiger partial charge in [0, 0.05) is 6.42 Å². The number of carboxylic acid groups (broad SMARTS) is 1. The van der Waals surface area contributed by atoms with Crippen LogP contribution >= 0.6 is 0 Å². The first-order valence-electron chi connectivity index (χ1n) is 3.89.